The summed E-state index contributed by atoms with van der Waals surface area (Å²) >= 11 is 2.94. The Morgan fingerprint density at radius 3 is 2.80 bits per heavy atom. The number of nitrogens with one attached hydrogen (secondary N) is 1. The molecule has 25 heavy (non-hydrogen) atoms. The number of methoxy groups -OCH3 is 2. The van der Waals surface area contributed by atoms with E-state index in [1.807, 2.05) is 35.0 Å². The molecule has 0 aliphatic carbocycles. The molecule has 7 heteroatoms. The highest BCUT2D eigenvalue weighted by atomic mass is 32.1. The summed E-state index contributed by atoms with van der Waals surface area (Å²) in [6, 6.07) is 9.43. The molecule has 3 rings (SSSR count). The Kier molecular flexibility index (Phi) is 5.47. The molecular formula is C18H16N2O3S2. The van der Waals surface area contributed by atoms with Gasteiger partial charge in [0.25, 0.3) is 0 Å². The Labute approximate surface area is 153 Å². The Morgan fingerprint density at radius 2 is 2.08 bits per heavy atom. The zero-order valence-electron chi connectivity index (χ0n) is 13.7. The van der Waals surface area contributed by atoms with Crippen LogP contribution in [0.3, 0.4) is 0 Å². The molecule has 0 saturated carbocycles. The van der Waals surface area contributed by atoms with Crippen LogP contribution < -0.4 is 14.8 Å². The van der Waals surface area contributed by atoms with Gasteiger partial charge in [0.1, 0.15) is 11.5 Å². The van der Waals surface area contributed by atoms with Gasteiger partial charge in [-0.1, -0.05) is 6.07 Å². The lowest BCUT2D eigenvalue weighted by atomic mass is 10.1. The Bertz CT molecular complexity index is 886. The average molecular weight is 372 g/mol. The number of thiophene rings is 1. The van der Waals surface area contributed by atoms with Crippen LogP contribution in [0.25, 0.3) is 17.3 Å². The van der Waals surface area contributed by atoms with Crippen molar-refractivity contribution in [3.8, 4) is 22.8 Å². The number of hydrogen-bond acceptors (Lipinski definition) is 6. The summed E-state index contributed by atoms with van der Waals surface area (Å²) in [7, 11) is 3.21. The molecule has 2 heterocycles. The maximum atomic E-state index is 12.0. The normalized spacial score (nSPS) is 10.8. The van der Waals surface area contributed by atoms with E-state index >= 15 is 0 Å². The maximum absolute atomic E-state index is 12.0. The standard InChI is InChI=1S/C18H16N2O3S2/c1-22-12-5-7-14(16(10-12)23-2)15-11-25-18(19-15)20-17(21)8-6-13-4-3-9-24-13/h3-11H,1-2H3,(H,19,20,21)/b8-6+. The van der Waals surface area contributed by atoms with E-state index in [1.165, 1.54) is 17.4 Å². The molecule has 0 atom stereocenters. The molecule has 0 aliphatic rings. The van der Waals surface area contributed by atoms with Crippen molar-refractivity contribution in [1.82, 2.24) is 4.98 Å². The number of nitrogens with zero attached hydrogens (tertiary/aromatic N) is 1. The number of benzene rings is 1. The lowest BCUT2D eigenvalue weighted by Gasteiger charge is -2.08. The first-order valence-electron chi connectivity index (χ1n) is 7.40. The summed E-state index contributed by atoms with van der Waals surface area (Å²) < 4.78 is 10.6. The molecule has 0 unspecified atom stereocenters. The summed E-state index contributed by atoms with van der Waals surface area (Å²) in [5.41, 5.74) is 1.58. The minimum atomic E-state index is -0.212. The van der Waals surface area contributed by atoms with Crippen LogP contribution in [0.15, 0.2) is 47.2 Å². The van der Waals surface area contributed by atoms with Crippen LogP contribution in [0.1, 0.15) is 4.88 Å². The number of thiazole rings is 1. The van der Waals surface area contributed by atoms with Crippen LogP contribution in [0.2, 0.25) is 0 Å². The second-order valence-corrected chi connectivity index (χ2v) is 6.78. The number of aromatic nitrogens is 1. The minimum Gasteiger partial charge on any atom is -0.497 e. The van der Waals surface area contributed by atoms with E-state index in [2.05, 4.69) is 10.3 Å². The van der Waals surface area contributed by atoms with Crippen LogP contribution >= 0.6 is 22.7 Å². The number of rotatable bonds is 6. The van der Waals surface area contributed by atoms with Crippen molar-refractivity contribution in [3.63, 3.8) is 0 Å². The van der Waals surface area contributed by atoms with Crippen molar-refractivity contribution in [2.24, 2.45) is 0 Å². The van der Waals surface area contributed by atoms with Gasteiger partial charge in [-0.3, -0.25) is 10.1 Å². The monoisotopic (exact) mass is 372 g/mol. The third-order valence-corrected chi connectivity index (χ3v) is 4.96. The first-order valence-corrected chi connectivity index (χ1v) is 9.16. The molecule has 1 amide bonds. The van der Waals surface area contributed by atoms with Crippen molar-refractivity contribution in [3.05, 3.63) is 52.0 Å². The molecule has 0 radical (unpaired) electrons. The Balaban J connectivity index is 1.73. The Hall–Kier alpha value is -2.64. The first kappa shape index (κ1) is 17.2. The van der Waals surface area contributed by atoms with Crippen molar-refractivity contribution >= 4 is 39.8 Å². The van der Waals surface area contributed by atoms with Crippen molar-refractivity contribution < 1.29 is 14.3 Å². The number of amides is 1. The highest BCUT2D eigenvalue weighted by Crippen LogP contribution is 2.34. The molecule has 3 aromatic rings. The van der Waals surface area contributed by atoms with Crippen molar-refractivity contribution in [2.45, 2.75) is 0 Å². The summed E-state index contributed by atoms with van der Waals surface area (Å²) in [6.45, 7) is 0. The predicted molar refractivity (Wildman–Crippen MR) is 103 cm³/mol. The lowest BCUT2D eigenvalue weighted by Crippen LogP contribution is -2.07. The fraction of sp³-hybridized carbons (Fsp3) is 0.111. The van der Waals surface area contributed by atoms with Gasteiger partial charge in [0.05, 0.1) is 19.9 Å². The third kappa shape index (κ3) is 4.26. The molecule has 128 valence electrons. The predicted octanol–water partition coefficient (Wildman–Crippen LogP) is 4.54. The van der Waals surface area contributed by atoms with Gasteiger partial charge in [-0.15, -0.1) is 22.7 Å². The quantitative estimate of drug-likeness (QED) is 0.645. The van der Waals surface area contributed by atoms with Crippen LogP contribution in [-0.4, -0.2) is 25.1 Å². The van der Waals surface area contributed by atoms with Crippen LogP contribution in [0, 0.1) is 0 Å². The second-order valence-electron chi connectivity index (χ2n) is 4.94. The maximum Gasteiger partial charge on any atom is 0.250 e. The van der Waals surface area contributed by atoms with Gasteiger partial charge in [-0.2, -0.15) is 0 Å². The second kappa shape index (κ2) is 7.96. The summed E-state index contributed by atoms with van der Waals surface area (Å²) in [4.78, 5) is 17.5. The van der Waals surface area contributed by atoms with Gasteiger partial charge >= 0.3 is 0 Å². The van der Waals surface area contributed by atoms with Crippen LogP contribution in [0.4, 0.5) is 5.13 Å². The van der Waals surface area contributed by atoms with E-state index in [0.717, 1.165) is 16.1 Å². The highest BCUT2D eigenvalue weighted by Gasteiger charge is 2.12. The number of carbonyl (C=O) groups is 1. The van der Waals surface area contributed by atoms with E-state index in [-0.39, 0.29) is 5.91 Å². The van der Waals surface area contributed by atoms with Crippen LogP contribution in [0.5, 0.6) is 11.5 Å². The van der Waals surface area contributed by atoms with E-state index in [4.69, 9.17) is 9.47 Å². The molecule has 0 bridgehead atoms. The SMILES string of the molecule is COc1ccc(-c2csc(NC(=O)/C=C/c3cccs3)n2)c(OC)c1. The summed E-state index contributed by atoms with van der Waals surface area (Å²) in [5.74, 6) is 1.17. The summed E-state index contributed by atoms with van der Waals surface area (Å²) in [6.07, 6.45) is 3.28. The Morgan fingerprint density at radius 1 is 1.20 bits per heavy atom. The van der Waals surface area contributed by atoms with Gasteiger partial charge in [0, 0.05) is 28.0 Å². The third-order valence-electron chi connectivity index (χ3n) is 3.36. The smallest absolute Gasteiger partial charge is 0.250 e. The zero-order chi connectivity index (χ0) is 17.6. The van der Waals surface area contributed by atoms with Gasteiger partial charge in [0.2, 0.25) is 5.91 Å². The van der Waals surface area contributed by atoms with Gasteiger partial charge < -0.3 is 9.47 Å². The number of carbonyl (C=O) groups excluding carboxylic acids is 1. The van der Waals surface area contributed by atoms with Gasteiger partial charge in [-0.25, -0.2) is 4.98 Å². The zero-order valence-corrected chi connectivity index (χ0v) is 15.3. The molecule has 1 aromatic carbocycles. The van der Waals surface area contributed by atoms with Crippen molar-refractivity contribution in [2.75, 3.05) is 19.5 Å². The number of ether oxygens (including phenoxy) is 2. The average Bonchev–Trinajstić information content (AvgIpc) is 3.31. The molecule has 0 saturated heterocycles. The topological polar surface area (TPSA) is 60.5 Å². The van der Waals surface area contributed by atoms with Gasteiger partial charge in [0.15, 0.2) is 5.13 Å². The molecule has 5 nitrogen and oxygen atoms in total. The molecule has 0 fully saturated rings. The molecule has 0 spiro atoms. The minimum absolute atomic E-state index is 0.212. The molecular weight excluding hydrogens is 356 g/mol. The van der Waals surface area contributed by atoms with E-state index in [1.54, 1.807) is 37.7 Å². The lowest BCUT2D eigenvalue weighted by molar-refractivity contribution is -0.111. The number of anilines is 1. The summed E-state index contributed by atoms with van der Waals surface area (Å²) in [5, 5.41) is 7.15. The van der Waals surface area contributed by atoms with E-state index in [9.17, 15) is 4.79 Å². The molecule has 2 aromatic heterocycles. The largest absolute Gasteiger partial charge is 0.497 e. The number of hydrogen-bond donors (Lipinski definition) is 1. The molecule has 0 aliphatic heterocycles. The van der Waals surface area contributed by atoms with E-state index in [0.29, 0.717) is 16.6 Å². The van der Waals surface area contributed by atoms with E-state index < -0.39 is 0 Å². The fourth-order valence-electron chi connectivity index (χ4n) is 2.16. The first-order chi connectivity index (χ1) is 12.2. The molecule has 1 N–H and O–H groups in total. The highest BCUT2D eigenvalue weighted by molar-refractivity contribution is 7.14. The van der Waals surface area contributed by atoms with Crippen LogP contribution in [-0.2, 0) is 4.79 Å². The fourth-order valence-corrected chi connectivity index (χ4v) is 3.49. The van der Waals surface area contributed by atoms with Crippen molar-refractivity contribution in [1.29, 1.82) is 0 Å². The van der Waals surface area contributed by atoms with Gasteiger partial charge in [-0.05, 0) is 29.7 Å².